The predicted molar refractivity (Wildman–Crippen MR) is 76.1 cm³/mol. The maximum Gasteiger partial charge on any atom is 0.307 e. The molecule has 6 heteroatoms. The molecule has 1 aliphatic carbocycles. The molecule has 118 valence electrons. The summed E-state index contributed by atoms with van der Waals surface area (Å²) in [6.07, 6.45) is 2.65. The fraction of sp³-hybridized carbons (Fsp3) is 0.800. The van der Waals surface area contributed by atoms with E-state index in [1.165, 1.54) is 0 Å². The lowest BCUT2D eigenvalue weighted by molar-refractivity contribution is -0.149. The zero-order valence-corrected chi connectivity index (χ0v) is 12.7. The number of carboxylic acid groups (broad SMARTS) is 1. The molecule has 2 fully saturated rings. The highest BCUT2D eigenvalue weighted by Crippen LogP contribution is 2.41. The van der Waals surface area contributed by atoms with Gasteiger partial charge in [-0.1, -0.05) is 13.3 Å². The summed E-state index contributed by atoms with van der Waals surface area (Å²) in [5.41, 5.74) is 4.71. The standard InChI is InChI=1S/C15H24N2O4/c1-3-9-6-10(11(7-9)13(19)20)12(18)17-5-4-15(2,8-17)14(16)21/h9-11H,3-8H2,1-2H3,(H2,16,21)(H,19,20)/t9?,10-,11+,15?/m0/s1. The number of carbonyl (C=O) groups excluding carboxylic acids is 2. The maximum atomic E-state index is 12.6. The molecular formula is C15H24N2O4. The number of likely N-dealkylation sites (tertiary alicyclic amines) is 1. The molecule has 0 bridgehead atoms. The maximum absolute atomic E-state index is 12.6. The molecule has 3 N–H and O–H groups in total. The van der Waals surface area contributed by atoms with E-state index < -0.39 is 29.1 Å². The Hall–Kier alpha value is -1.59. The van der Waals surface area contributed by atoms with Gasteiger partial charge in [-0.05, 0) is 32.1 Å². The molecular weight excluding hydrogens is 272 g/mol. The molecule has 2 rings (SSSR count). The highest BCUT2D eigenvalue weighted by Gasteiger charge is 2.47. The fourth-order valence-corrected chi connectivity index (χ4v) is 3.61. The Morgan fingerprint density at radius 2 is 1.90 bits per heavy atom. The lowest BCUT2D eigenvalue weighted by atomic mass is 9.89. The molecule has 0 spiro atoms. The van der Waals surface area contributed by atoms with Gasteiger partial charge in [-0.25, -0.2) is 0 Å². The first kappa shape index (κ1) is 15.8. The van der Waals surface area contributed by atoms with Gasteiger partial charge in [0, 0.05) is 13.1 Å². The minimum atomic E-state index is -0.888. The number of carbonyl (C=O) groups is 3. The van der Waals surface area contributed by atoms with Gasteiger partial charge in [0.15, 0.2) is 0 Å². The third-order valence-electron chi connectivity index (χ3n) is 5.25. The zero-order valence-electron chi connectivity index (χ0n) is 12.7. The van der Waals surface area contributed by atoms with Gasteiger partial charge in [0.05, 0.1) is 17.3 Å². The molecule has 1 heterocycles. The molecule has 1 saturated heterocycles. The number of rotatable bonds is 4. The highest BCUT2D eigenvalue weighted by molar-refractivity contribution is 5.87. The Morgan fingerprint density at radius 1 is 1.29 bits per heavy atom. The lowest BCUT2D eigenvalue weighted by Gasteiger charge is -2.25. The van der Waals surface area contributed by atoms with E-state index in [4.69, 9.17) is 5.73 Å². The van der Waals surface area contributed by atoms with Crippen molar-refractivity contribution in [2.24, 2.45) is 28.9 Å². The van der Waals surface area contributed by atoms with Crippen LogP contribution in [0.5, 0.6) is 0 Å². The topological polar surface area (TPSA) is 101 Å². The first-order valence-electron chi connectivity index (χ1n) is 7.60. The van der Waals surface area contributed by atoms with E-state index in [-0.39, 0.29) is 5.91 Å². The minimum absolute atomic E-state index is 0.122. The predicted octanol–water partition coefficient (Wildman–Crippen LogP) is 0.847. The number of carboxylic acids is 1. The van der Waals surface area contributed by atoms with Gasteiger partial charge in [0.25, 0.3) is 0 Å². The highest BCUT2D eigenvalue weighted by atomic mass is 16.4. The van der Waals surface area contributed by atoms with E-state index in [0.29, 0.717) is 38.3 Å². The van der Waals surface area contributed by atoms with Crippen LogP contribution in [0.1, 0.15) is 39.5 Å². The Kier molecular flexibility index (Phi) is 4.25. The summed E-state index contributed by atoms with van der Waals surface area (Å²) in [5.74, 6) is -2.16. The number of hydrogen-bond acceptors (Lipinski definition) is 3. The fourth-order valence-electron chi connectivity index (χ4n) is 3.61. The van der Waals surface area contributed by atoms with Crippen molar-refractivity contribution in [2.75, 3.05) is 13.1 Å². The summed E-state index contributed by atoms with van der Waals surface area (Å²) < 4.78 is 0. The van der Waals surface area contributed by atoms with Gasteiger partial charge < -0.3 is 15.7 Å². The molecule has 1 saturated carbocycles. The van der Waals surface area contributed by atoms with Crippen LogP contribution in [-0.2, 0) is 14.4 Å². The summed E-state index contributed by atoms with van der Waals surface area (Å²) in [5, 5.41) is 9.33. The lowest BCUT2D eigenvalue weighted by Crippen LogP contribution is -2.42. The number of primary amides is 1. The van der Waals surface area contributed by atoms with Gasteiger partial charge in [-0.15, -0.1) is 0 Å². The van der Waals surface area contributed by atoms with Crippen molar-refractivity contribution in [3.63, 3.8) is 0 Å². The molecule has 6 nitrogen and oxygen atoms in total. The SMILES string of the molecule is CCC1C[C@H](C(=O)N2CCC(C)(C(N)=O)C2)[C@H](C(=O)O)C1. The van der Waals surface area contributed by atoms with Crippen molar-refractivity contribution < 1.29 is 19.5 Å². The first-order chi connectivity index (χ1) is 9.78. The van der Waals surface area contributed by atoms with Crippen LogP contribution in [0, 0.1) is 23.2 Å². The molecule has 0 aromatic rings. The van der Waals surface area contributed by atoms with Gasteiger partial charge in [-0.2, -0.15) is 0 Å². The molecule has 1 aliphatic heterocycles. The van der Waals surface area contributed by atoms with Crippen molar-refractivity contribution in [3.8, 4) is 0 Å². The Labute approximate surface area is 124 Å². The summed E-state index contributed by atoms with van der Waals surface area (Å²) in [7, 11) is 0. The van der Waals surface area contributed by atoms with Gasteiger partial charge in [0.2, 0.25) is 11.8 Å². The quantitative estimate of drug-likeness (QED) is 0.803. The minimum Gasteiger partial charge on any atom is -0.481 e. The number of nitrogens with zero attached hydrogens (tertiary/aromatic N) is 1. The molecule has 4 atom stereocenters. The van der Waals surface area contributed by atoms with E-state index in [1.807, 2.05) is 6.92 Å². The second kappa shape index (κ2) is 5.66. The van der Waals surface area contributed by atoms with Gasteiger partial charge >= 0.3 is 5.97 Å². The van der Waals surface area contributed by atoms with Gasteiger partial charge in [-0.3, -0.25) is 14.4 Å². The summed E-state index contributed by atoms with van der Waals surface area (Å²) in [6, 6.07) is 0. The number of nitrogens with two attached hydrogens (primary N) is 1. The Bertz CT molecular complexity index is 465. The number of aliphatic carboxylic acids is 1. The molecule has 2 amide bonds. The zero-order chi connectivity index (χ0) is 15.8. The van der Waals surface area contributed by atoms with Crippen molar-refractivity contribution in [1.82, 2.24) is 4.90 Å². The van der Waals surface area contributed by atoms with Crippen LogP contribution in [0.2, 0.25) is 0 Å². The van der Waals surface area contributed by atoms with Crippen molar-refractivity contribution in [3.05, 3.63) is 0 Å². The van der Waals surface area contributed by atoms with Crippen LogP contribution in [0.15, 0.2) is 0 Å². The first-order valence-corrected chi connectivity index (χ1v) is 7.60. The molecule has 2 aliphatic rings. The van der Waals surface area contributed by atoms with Crippen LogP contribution < -0.4 is 5.73 Å². The average Bonchev–Trinajstić information content (AvgIpc) is 3.02. The van der Waals surface area contributed by atoms with Crippen LogP contribution in [0.4, 0.5) is 0 Å². The molecule has 2 unspecified atom stereocenters. The molecule has 21 heavy (non-hydrogen) atoms. The van der Waals surface area contributed by atoms with Crippen molar-refractivity contribution >= 4 is 17.8 Å². The summed E-state index contributed by atoms with van der Waals surface area (Å²) >= 11 is 0. The van der Waals surface area contributed by atoms with Crippen molar-refractivity contribution in [1.29, 1.82) is 0 Å². The Morgan fingerprint density at radius 3 is 2.38 bits per heavy atom. The molecule has 0 aromatic carbocycles. The van der Waals surface area contributed by atoms with Crippen LogP contribution in [0.3, 0.4) is 0 Å². The largest absolute Gasteiger partial charge is 0.481 e. The second-order valence-electron chi connectivity index (χ2n) is 6.73. The molecule has 0 aromatic heterocycles. The summed E-state index contributed by atoms with van der Waals surface area (Å²) in [4.78, 5) is 37.1. The Balaban J connectivity index is 2.09. The smallest absolute Gasteiger partial charge is 0.307 e. The van der Waals surface area contributed by atoms with E-state index in [1.54, 1.807) is 11.8 Å². The average molecular weight is 296 g/mol. The van der Waals surface area contributed by atoms with E-state index in [2.05, 4.69) is 0 Å². The monoisotopic (exact) mass is 296 g/mol. The third-order valence-corrected chi connectivity index (χ3v) is 5.25. The number of amides is 2. The van der Waals surface area contributed by atoms with Crippen LogP contribution >= 0.6 is 0 Å². The van der Waals surface area contributed by atoms with Gasteiger partial charge in [0.1, 0.15) is 0 Å². The van der Waals surface area contributed by atoms with Crippen LogP contribution in [-0.4, -0.2) is 40.9 Å². The third kappa shape index (κ3) is 2.89. The van der Waals surface area contributed by atoms with Crippen LogP contribution in [0.25, 0.3) is 0 Å². The van der Waals surface area contributed by atoms with E-state index >= 15 is 0 Å². The summed E-state index contributed by atoms with van der Waals surface area (Å²) in [6.45, 7) is 4.58. The van der Waals surface area contributed by atoms with Crippen molar-refractivity contribution in [2.45, 2.75) is 39.5 Å². The van der Waals surface area contributed by atoms with E-state index in [9.17, 15) is 19.5 Å². The molecule has 0 radical (unpaired) electrons. The number of hydrogen-bond donors (Lipinski definition) is 2. The normalized spacial score (nSPS) is 35.9. The second-order valence-corrected chi connectivity index (χ2v) is 6.73. The van der Waals surface area contributed by atoms with E-state index in [0.717, 1.165) is 6.42 Å².